The summed E-state index contributed by atoms with van der Waals surface area (Å²) >= 11 is 0. The van der Waals surface area contributed by atoms with E-state index in [0.717, 1.165) is 0 Å². The molecule has 2 aromatic heterocycles. The van der Waals surface area contributed by atoms with Gasteiger partial charge in [-0.05, 0) is 36.4 Å². The van der Waals surface area contributed by atoms with Crippen molar-refractivity contribution >= 4 is 21.9 Å². The molecule has 1 fully saturated rings. The number of hydrogen-bond donors (Lipinski definition) is 4. The zero-order chi connectivity index (χ0) is 25.6. The summed E-state index contributed by atoms with van der Waals surface area (Å²) in [6.07, 6.45) is -7.62. The SMILES string of the molecule is COc1ccc2cc(-c3cc4oc(=O)ccc4cc3O[C@@H]3O[C@H](CO)[C@@H](O)[C@H](O)[C@H]3O)c(=O)oc2c1. The molecule has 0 spiro atoms. The highest BCUT2D eigenvalue weighted by molar-refractivity contribution is 5.89. The molecule has 5 atom stereocenters. The summed E-state index contributed by atoms with van der Waals surface area (Å²) in [6.45, 7) is -0.641. The van der Waals surface area contributed by atoms with Gasteiger partial charge >= 0.3 is 11.3 Å². The van der Waals surface area contributed by atoms with Gasteiger partial charge in [-0.25, -0.2) is 9.59 Å². The molecule has 188 valence electrons. The summed E-state index contributed by atoms with van der Waals surface area (Å²) in [5, 5.41) is 41.1. The van der Waals surface area contributed by atoms with Crippen molar-refractivity contribution in [1.29, 1.82) is 0 Å². The van der Waals surface area contributed by atoms with Crippen LogP contribution in [0.15, 0.2) is 67.0 Å². The molecule has 0 radical (unpaired) electrons. The Bertz CT molecular complexity index is 1540. The molecule has 5 rings (SSSR count). The number of aliphatic hydroxyl groups excluding tert-OH is 4. The largest absolute Gasteiger partial charge is 0.497 e. The zero-order valence-electron chi connectivity index (χ0n) is 18.9. The predicted molar refractivity (Wildman–Crippen MR) is 125 cm³/mol. The highest BCUT2D eigenvalue weighted by atomic mass is 16.7. The van der Waals surface area contributed by atoms with Gasteiger partial charge in [-0.2, -0.15) is 0 Å². The van der Waals surface area contributed by atoms with Crippen molar-refractivity contribution in [2.75, 3.05) is 13.7 Å². The fourth-order valence-corrected chi connectivity index (χ4v) is 4.10. The number of fused-ring (bicyclic) bond motifs is 2. The molecule has 0 aliphatic carbocycles. The molecule has 0 bridgehead atoms. The molecule has 0 amide bonds. The minimum atomic E-state index is -1.68. The summed E-state index contributed by atoms with van der Waals surface area (Å²) in [4.78, 5) is 24.8. The Morgan fingerprint density at radius 3 is 2.31 bits per heavy atom. The van der Waals surface area contributed by atoms with Gasteiger partial charge in [-0.1, -0.05) is 0 Å². The molecule has 2 aromatic carbocycles. The Labute approximate surface area is 202 Å². The quantitative estimate of drug-likeness (QED) is 0.287. The second kappa shape index (κ2) is 9.37. The monoisotopic (exact) mass is 498 g/mol. The maximum Gasteiger partial charge on any atom is 0.344 e. The number of methoxy groups -OCH3 is 1. The van der Waals surface area contributed by atoms with E-state index in [2.05, 4.69) is 0 Å². The first-order chi connectivity index (χ1) is 17.3. The molecule has 0 unspecified atom stereocenters. The summed E-state index contributed by atoms with van der Waals surface area (Å²) in [5.74, 6) is 0.526. The van der Waals surface area contributed by atoms with Crippen molar-refractivity contribution in [2.24, 2.45) is 0 Å². The number of hydrogen-bond acceptors (Lipinski definition) is 11. The maximum absolute atomic E-state index is 13.0. The normalized spacial score (nSPS) is 24.2. The molecular formula is C25H22O11. The van der Waals surface area contributed by atoms with Gasteiger partial charge in [-0.3, -0.25) is 0 Å². The number of rotatable bonds is 5. The zero-order valence-corrected chi connectivity index (χ0v) is 18.9. The van der Waals surface area contributed by atoms with E-state index in [1.54, 1.807) is 24.3 Å². The smallest absolute Gasteiger partial charge is 0.344 e. The van der Waals surface area contributed by atoms with Crippen molar-refractivity contribution in [3.63, 3.8) is 0 Å². The van der Waals surface area contributed by atoms with E-state index in [1.807, 2.05) is 0 Å². The van der Waals surface area contributed by atoms with E-state index in [9.17, 15) is 30.0 Å². The Balaban J connectivity index is 1.66. The third kappa shape index (κ3) is 4.23. The average molecular weight is 498 g/mol. The highest BCUT2D eigenvalue weighted by Gasteiger charge is 2.45. The molecule has 11 heteroatoms. The van der Waals surface area contributed by atoms with E-state index >= 15 is 0 Å². The first-order valence-electron chi connectivity index (χ1n) is 11.0. The molecule has 1 aliphatic heterocycles. The fraction of sp³-hybridized carbons (Fsp3) is 0.280. The molecule has 0 saturated carbocycles. The number of ether oxygens (including phenoxy) is 3. The standard InChI is InChI=1S/C25H22O11/c1-32-13-4-2-11-6-15(24(31)34-16(11)8-13)14-9-17-12(3-5-20(27)33-17)7-18(14)35-25-23(30)22(29)21(28)19(10-26)36-25/h2-9,19,21-23,25-26,28-30H,10H2,1H3/t19-,21-,22+,23-,25-/m1/s1. The second-order valence-electron chi connectivity index (χ2n) is 8.31. The molecule has 3 heterocycles. The molecule has 1 saturated heterocycles. The van der Waals surface area contributed by atoms with E-state index in [0.29, 0.717) is 16.5 Å². The van der Waals surface area contributed by atoms with Crippen LogP contribution < -0.4 is 20.7 Å². The Morgan fingerprint density at radius 2 is 1.56 bits per heavy atom. The topological polar surface area (TPSA) is 169 Å². The summed E-state index contributed by atoms with van der Waals surface area (Å²) < 4.78 is 27.3. The molecule has 4 N–H and O–H groups in total. The molecule has 1 aliphatic rings. The third-order valence-electron chi connectivity index (χ3n) is 6.05. The number of aliphatic hydroxyl groups is 4. The van der Waals surface area contributed by atoms with Gasteiger partial charge in [0, 0.05) is 28.5 Å². The third-order valence-corrected chi connectivity index (χ3v) is 6.05. The first-order valence-corrected chi connectivity index (χ1v) is 11.0. The summed E-state index contributed by atoms with van der Waals surface area (Å²) in [6, 6.07) is 12.1. The minimum Gasteiger partial charge on any atom is -0.497 e. The lowest BCUT2D eigenvalue weighted by Crippen LogP contribution is -2.60. The van der Waals surface area contributed by atoms with Crippen LogP contribution in [0.25, 0.3) is 33.1 Å². The predicted octanol–water partition coefficient (Wildman–Crippen LogP) is 0.754. The van der Waals surface area contributed by atoms with Crippen molar-refractivity contribution in [3.8, 4) is 22.6 Å². The van der Waals surface area contributed by atoms with E-state index < -0.39 is 48.6 Å². The Kier molecular flexibility index (Phi) is 6.24. The molecule has 36 heavy (non-hydrogen) atoms. The van der Waals surface area contributed by atoms with Gasteiger partial charge < -0.3 is 43.5 Å². The van der Waals surface area contributed by atoms with Crippen LogP contribution in [0, 0.1) is 0 Å². The van der Waals surface area contributed by atoms with Gasteiger partial charge in [0.05, 0.1) is 19.3 Å². The molecular weight excluding hydrogens is 476 g/mol. The van der Waals surface area contributed by atoms with E-state index in [-0.39, 0.29) is 28.0 Å². The first kappa shape index (κ1) is 24.0. The van der Waals surface area contributed by atoms with Crippen LogP contribution in [0.1, 0.15) is 0 Å². The fourth-order valence-electron chi connectivity index (χ4n) is 4.10. The van der Waals surface area contributed by atoms with Crippen LogP contribution in [0.3, 0.4) is 0 Å². The van der Waals surface area contributed by atoms with E-state index in [4.69, 9.17) is 23.0 Å². The Hall–Kier alpha value is -3.74. The van der Waals surface area contributed by atoms with Crippen LogP contribution >= 0.6 is 0 Å². The van der Waals surface area contributed by atoms with Gasteiger partial charge in [0.25, 0.3) is 0 Å². The lowest BCUT2D eigenvalue weighted by Gasteiger charge is -2.39. The minimum absolute atomic E-state index is 0.0286. The van der Waals surface area contributed by atoms with Crippen LogP contribution in [0.2, 0.25) is 0 Å². The summed E-state index contributed by atoms with van der Waals surface area (Å²) in [7, 11) is 1.49. The van der Waals surface area contributed by atoms with Crippen LogP contribution in [-0.2, 0) is 4.74 Å². The van der Waals surface area contributed by atoms with E-state index in [1.165, 1.54) is 31.4 Å². The molecule has 11 nitrogen and oxygen atoms in total. The van der Waals surface area contributed by atoms with Gasteiger partial charge in [0.2, 0.25) is 6.29 Å². The maximum atomic E-state index is 13.0. The van der Waals surface area contributed by atoms with Crippen LogP contribution in [-0.4, -0.2) is 64.8 Å². The second-order valence-corrected chi connectivity index (χ2v) is 8.31. The van der Waals surface area contributed by atoms with Crippen LogP contribution in [0.4, 0.5) is 0 Å². The van der Waals surface area contributed by atoms with Gasteiger partial charge in [-0.15, -0.1) is 0 Å². The van der Waals surface area contributed by atoms with Crippen molar-refractivity contribution < 1.29 is 43.5 Å². The van der Waals surface area contributed by atoms with Crippen molar-refractivity contribution in [3.05, 3.63) is 69.4 Å². The van der Waals surface area contributed by atoms with Crippen LogP contribution in [0.5, 0.6) is 11.5 Å². The average Bonchev–Trinajstić information content (AvgIpc) is 2.88. The van der Waals surface area contributed by atoms with Crippen molar-refractivity contribution in [1.82, 2.24) is 0 Å². The van der Waals surface area contributed by atoms with Gasteiger partial charge in [0.1, 0.15) is 47.1 Å². The van der Waals surface area contributed by atoms with Gasteiger partial charge in [0.15, 0.2) is 0 Å². The molecule has 4 aromatic rings. The number of benzene rings is 2. The van der Waals surface area contributed by atoms with Crippen molar-refractivity contribution in [2.45, 2.75) is 30.7 Å². The Morgan fingerprint density at radius 1 is 0.833 bits per heavy atom. The highest BCUT2D eigenvalue weighted by Crippen LogP contribution is 2.36. The lowest BCUT2D eigenvalue weighted by molar-refractivity contribution is -0.277. The summed E-state index contributed by atoms with van der Waals surface area (Å²) in [5.41, 5.74) is -0.679. The lowest BCUT2D eigenvalue weighted by atomic mass is 9.99.